The van der Waals surface area contributed by atoms with Gasteiger partial charge >= 0.3 is 0 Å². The quantitative estimate of drug-likeness (QED) is 0.537. The van der Waals surface area contributed by atoms with Gasteiger partial charge in [0, 0.05) is 0 Å². The largest absolute Gasteiger partial charge is 0.508 e. The van der Waals surface area contributed by atoms with Gasteiger partial charge in [-0.25, -0.2) is 0 Å². The summed E-state index contributed by atoms with van der Waals surface area (Å²) in [5.74, 6) is 0.575. The molecule has 2 N–H and O–H groups in total. The van der Waals surface area contributed by atoms with Crippen LogP contribution in [0.2, 0.25) is 0 Å². The highest BCUT2D eigenvalue weighted by Crippen LogP contribution is 2.26. The molecule has 0 aliphatic heterocycles. The summed E-state index contributed by atoms with van der Waals surface area (Å²) in [4.78, 5) is 0. The lowest BCUT2D eigenvalue weighted by atomic mass is 10.2. The molecule has 0 saturated heterocycles. The van der Waals surface area contributed by atoms with Crippen molar-refractivity contribution in [1.82, 2.24) is 0 Å². The Hall–Kier alpha value is -1.18. The third-order valence-corrected chi connectivity index (χ3v) is 2.62. The minimum Gasteiger partial charge on any atom is -0.508 e. The van der Waals surface area contributed by atoms with Gasteiger partial charge in [-0.1, -0.05) is 13.3 Å². The predicted molar refractivity (Wildman–Crippen MR) is 62.9 cm³/mol. The van der Waals surface area contributed by atoms with Crippen LogP contribution in [-0.2, 0) is 0 Å². The standard InChI is InChI=1S/C13H20O2/c1-2-3-8-12(14)9-10-13(15)11-6-4-5-7-11/h8-10,14-15H,2-7H2,1H3/b10-9+,12-8+. The zero-order chi connectivity index (χ0) is 11.1. The molecule has 1 aliphatic carbocycles. The maximum atomic E-state index is 9.68. The van der Waals surface area contributed by atoms with E-state index in [1.807, 2.05) is 0 Å². The zero-order valence-corrected chi connectivity index (χ0v) is 9.37. The van der Waals surface area contributed by atoms with Gasteiger partial charge < -0.3 is 10.2 Å². The highest BCUT2D eigenvalue weighted by atomic mass is 16.3. The van der Waals surface area contributed by atoms with Crippen molar-refractivity contribution >= 4 is 0 Å². The van der Waals surface area contributed by atoms with Crippen molar-refractivity contribution in [2.75, 3.05) is 0 Å². The Morgan fingerprint density at radius 3 is 2.47 bits per heavy atom. The number of hydrogen-bond donors (Lipinski definition) is 2. The average molecular weight is 208 g/mol. The van der Waals surface area contributed by atoms with Crippen molar-refractivity contribution in [2.24, 2.45) is 0 Å². The number of aliphatic hydroxyl groups is 2. The van der Waals surface area contributed by atoms with Gasteiger partial charge in [-0.15, -0.1) is 0 Å². The molecular weight excluding hydrogens is 188 g/mol. The van der Waals surface area contributed by atoms with Gasteiger partial charge in [-0.05, 0) is 55.9 Å². The van der Waals surface area contributed by atoms with Crippen molar-refractivity contribution < 1.29 is 10.2 Å². The maximum absolute atomic E-state index is 9.68. The van der Waals surface area contributed by atoms with E-state index in [1.165, 1.54) is 12.8 Å². The van der Waals surface area contributed by atoms with Crippen molar-refractivity contribution in [2.45, 2.75) is 45.4 Å². The number of hydrogen-bond acceptors (Lipinski definition) is 2. The van der Waals surface area contributed by atoms with Crippen LogP contribution >= 0.6 is 0 Å². The Labute approximate surface area is 91.6 Å². The van der Waals surface area contributed by atoms with E-state index in [2.05, 4.69) is 6.92 Å². The number of allylic oxidation sites excluding steroid dienone is 4. The Morgan fingerprint density at radius 2 is 1.87 bits per heavy atom. The molecule has 0 aromatic carbocycles. The first-order valence-corrected chi connectivity index (χ1v) is 5.72. The molecule has 0 amide bonds. The second-order valence-electron chi connectivity index (χ2n) is 3.95. The summed E-state index contributed by atoms with van der Waals surface area (Å²) in [6.07, 6.45) is 11.2. The lowest BCUT2D eigenvalue weighted by Crippen LogP contribution is -1.83. The normalized spacial score (nSPS) is 17.7. The minimum atomic E-state index is 0.238. The molecule has 0 unspecified atom stereocenters. The zero-order valence-electron chi connectivity index (χ0n) is 9.37. The monoisotopic (exact) mass is 208 g/mol. The number of rotatable bonds is 4. The van der Waals surface area contributed by atoms with Crippen LogP contribution in [0.1, 0.15) is 45.4 Å². The van der Waals surface area contributed by atoms with Crippen molar-refractivity contribution in [1.29, 1.82) is 0 Å². The Bertz CT molecular complexity index is 277. The van der Waals surface area contributed by atoms with Crippen LogP contribution in [0.25, 0.3) is 0 Å². The van der Waals surface area contributed by atoms with Gasteiger partial charge in [0.15, 0.2) is 0 Å². The molecule has 0 bridgehead atoms. The molecule has 1 rings (SSSR count). The molecule has 84 valence electrons. The second kappa shape index (κ2) is 6.33. The lowest BCUT2D eigenvalue weighted by Gasteiger charge is -1.98. The van der Waals surface area contributed by atoms with E-state index in [0.29, 0.717) is 5.76 Å². The van der Waals surface area contributed by atoms with Crippen LogP contribution in [0.3, 0.4) is 0 Å². The fraction of sp³-hybridized carbons (Fsp3) is 0.538. The summed E-state index contributed by atoms with van der Waals surface area (Å²) in [5.41, 5.74) is 1.12. The van der Waals surface area contributed by atoms with Crippen LogP contribution < -0.4 is 0 Å². The summed E-state index contributed by atoms with van der Waals surface area (Å²) >= 11 is 0. The Morgan fingerprint density at radius 1 is 1.20 bits per heavy atom. The molecule has 0 aromatic rings. The topological polar surface area (TPSA) is 40.5 Å². The van der Waals surface area contributed by atoms with Crippen LogP contribution in [-0.4, -0.2) is 10.2 Å². The van der Waals surface area contributed by atoms with Crippen molar-refractivity contribution in [3.05, 3.63) is 35.3 Å². The molecule has 2 heteroatoms. The molecule has 1 fully saturated rings. The molecule has 0 spiro atoms. The SMILES string of the molecule is CCC/C=C(O)\C=C\C(O)=C1CCCC1. The minimum absolute atomic E-state index is 0.238. The van der Waals surface area contributed by atoms with Gasteiger partial charge in [-0.3, -0.25) is 0 Å². The molecule has 0 atom stereocenters. The number of aliphatic hydroxyl groups excluding tert-OH is 2. The summed E-state index contributed by atoms with van der Waals surface area (Å²) < 4.78 is 0. The van der Waals surface area contributed by atoms with Crippen LogP contribution in [0.4, 0.5) is 0 Å². The first kappa shape index (κ1) is 11.9. The van der Waals surface area contributed by atoms with E-state index < -0.39 is 0 Å². The van der Waals surface area contributed by atoms with E-state index in [-0.39, 0.29) is 5.76 Å². The first-order chi connectivity index (χ1) is 7.24. The molecule has 2 nitrogen and oxygen atoms in total. The van der Waals surface area contributed by atoms with Crippen LogP contribution in [0, 0.1) is 0 Å². The van der Waals surface area contributed by atoms with Gasteiger partial charge in [0.2, 0.25) is 0 Å². The Balaban J connectivity index is 2.52. The van der Waals surface area contributed by atoms with E-state index in [1.54, 1.807) is 18.2 Å². The van der Waals surface area contributed by atoms with E-state index in [0.717, 1.165) is 31.3 Å². The van der Waals surface area contributed by atoms with Crippen LogP contribution in [0.5, 0.6) is 0 Å². The van der Waals surface area contributed by atoms with Gasteiger partial charge in [0.05, 0.1) is 0 Å². The Kier molecular flexibility index (Phi) is 5.02. The fourth-order valence-corrected chi connectivity index (χ4v) is 1.70. The molecule has 0 heterocycles. The summed E-state index contributed by atoms with van der Waals surface area (Å²) in [5, 5.41) is 19.1. The van der Waals surface area contributed by atoms with Gasteiger partial charge in [0.25, 0.3) is 0 Å². The lowest BCUT2D eigenvalue weighted by molar-refractivity contribution is 0.415. The third-order valence-electron chi connectivity index (χ3n) is 2.62. The summed E-state index contributed by atoms with van der Waals surface area (Å²) in [6.45, 7) is 2.06. The highest BCUT2D eigenvalue weighted by Gasteiger charge is 2.09. The summed E-state index contributed by atoms with van der Waals surface area (Å²) in [7, 11) is 0. The maximum Gasteiger partial charge on any atom is 0.114 e. The second-order valence-corrected chi connectivity index (χ2v) is 3.95. The predicted octanol–water partition coefficient (Wildman–Crippen LogP) is 4.17. The van der Waals surface area contributed by atoms with Gasteiger partial charge in [-0.2, -0.15) is 0 Å². The molecule has 0 aromatic heterocycles. The van der Waals surface area contributed by atoms with Crippen molar-refractivity contribution in [3.63, 3.8) is 0 Å². The van der Waals surface area contributed by atoms with Crippen LogP contribution in [0.15, 0.2) is 35.3 Å². The number of unbranched alkanes of at least 4 members (excludes halogenated alkanes) is 1. The van der Waals surface area contributed by atoms with Gasteiger partial charge in [0.1, 0.15) is 11.5 Å². The summed E-state index contributed by atoms with van der Waals surface area (Å²) in [6, 6.07) is 0. The highest BCUT2D eigenvalue weighted by molar-refractivity contribution is 5.25. The first-order valence-electron chi connectivity index (χ1n) is 5.72. The van der Waals surface area contributed by atoms with Crippen molar-refractivity contribution in [3.8, 4) is 0 Å². The third kappa shape index (κ3) is 4.24. The molecule has 0 radical (unpaired) electrons. The van der Waals surface area contributed by atoms with E-state index in [9.17, 15) is 10.2 Å². The molecule has 1 saturated carbocycles. The fourth-order valence-electron chi connectivity index (χ4n) is 1.70. The van der Waals surface area contributed by atoms with E-state index in [4.69, 9.17) is 0 Å². The van der Waals surface area contributed by atoms with E-state index >= 15 is 0 Å². The average Bonchev–Trinajstić information content (AvgIpc) is 2.76. The smallest absolute Gasteiger partial charge is 0.114 e. The molecular formula is C13H20O2. The molecule has 1 aliphatic rings. The molecule has 15 heavy (non-hydrogen) atoms.